The van der Waals surface area contributed by atoms with Gasteiger partial charge in [-0.2, -0.15) is 0 Å². The van der Waals surface area contributed by atoms with E-state index in [0.717, 1.165) is 16.5 Å². The minimum Gasteiger partial charge on any atom is -0.459 e. The third-order valence-electron chi connectivity index (χ3n) is 3.43. The maximum atomic E-state index is 6.27. The van der Waals surface area contributed by atoms with Gasteiger partial charge in [0.2, 0.25) is 0 Å². The number of halogens is 2. The molecule has 0 fully saturated rings. The van der Waals surface area contributed by atoms with E-state index < -0.39 is 0 Å². The normalized spacial score (nSPS) is 12.8. The van der Waals surface area contributed by atoms with Crippen LogP contribution in [0.3, 0.4) is 0 Å². The fraction of sp³-hybridized carbons (Fsp3) is 0.125. The van der Waals surface area contributed by atoms with Gasteiger partial charge in [-0.15, -0.1) is 0 Å². The van der Waals surface area contributed by atoms with Crippen LogP contribution in [0.15, 0.2) is 46.9 Å². The number of benzene rings is 2. The first-order valence-electron chi connectivity index (χ1n) is 6.50. The first kappa shape index (κ1) is 14.4. The van der Waals surface area contributed by atoms with Crippen molar-refractivity contribution in [3.8, 4) is 0 Å². The van der Waals surface area contributed by atoms with Gasteiger partial charge in [-0.1, -0.05) is 47.0 Å². The van der Waals surface area contributed by atoms with Crippen LogP contribution in [0.4, 0.5) is 0 Å². The molecule has 0 spiro atoms. The van der Waals surface area contributed by atoms with Gasteiger partial charge in [0.05, 0.1) is 10.0 Å². The number of furan rings is 1. The SMILES string of the molecule is Cc1ccc2oc(C(NN)c3cccc(Cl)c3Cl)cc2c1. The molecule has 0 aliphatic carbocycles. The molecule has 108 valence electrons. The Morgan fingerprint density at radius 1 is 1.14 bits per heavy atom. The zero-order valence-corrected chi connectivity index (χ0v) is 12.9. The second-order valence-electron chi connectivity index (χ2n) is 4.93. The number of nitrogens with one attached hydrogen (secondary N) is 1. The van der Waals surface area contributed by atoms with E-state index in [4.69, 9.17) is 33.5 Å². The molecule has 1 heterocycles. The molecule has 1 aromatic heterocycles. The molecule has 0 amide bonds. The van der Waals surface area contributed by atoms with Gasteiger partial charge in [0.25, 0.3) is 0 Å². The van der Waals surface area contributed by atoms with Crippen LogP contribution in [-0.2, 0) is 0 Å². The number of hydrogen-bond acceptors (Lipinski definition) is 3. The molecule has 1 atom stereocenters. The molecule has 3 rings (SSSR count). The first-order valence-corrected chi connectivity index (χ1v) is 7.26. The van der Waals surface area contributed by atoms with E-state index in [-0.39, 0.29) is 6.04 Å². The lowest BCUT2D eigenvalue weighted by Gasteiger charge is -2.15. The lowest BCUT2D eigenvalue weighted by atomic mass is 10.0. The van der Waals surface area contributed by atoms with Crippen LogP contribution < -0.4 is 11.3 Å². The summed E-state index contributed by atoms with van der Waals surface area (Å²) >= 11 is 12.3. The third kappa shape index (κ3) is 2.65. The van der Waals surface area contributed by atoms with Gasteiger partial charge in [0, 0.05) is 5.39 Å². The monoisotopic (exact) mass is 320 g/mol. The summed E-state index contributed by atoms with van der Waals surface area (Å²) < 4.78 is 5.88. The summed E-state index contributed by atoms with van der Waals surface area (Å²) in [6, 6.07) is 13.1. The summed E-state index contributed by atoms with van der Waals surface area (Å²) in [4.78, 5) is 0. The minimum absolute atomic E-state index is 0.357. The Labute approximate surface area is 132 Å². The number of nitrogens with two attached hydrogens (primary N) is 1. The second kappa shape index (κ2) is 5.70. The smallest absolute Gasteiger partial charge is 0.134 e. The number of aryl methyl sites for hydroxylation is 1. The van der Waals surface area contributed by atoms with E-state index in [1.54, 1.807) is 6.07 Å². The van der Waals surface area contributed by atoms with Gasteiger partial charge in [0.15, 0.2) is 0 Å². The van der Waals surface area contributed by atoms with Gasteiger partial charge >= 0.3 is 0 Å². The van der Waals surface area contributed by atoms with Crippen molar-refractivity contribution in [3.63, 3.8) is 0 Å². The van der Waals surface area contributed by atoms with Gasteiger partial charge in [-0.3, -0.25) is 5.84 Å². The van der Waals surface area contributed by atoms with E-state index >= 15 is 0 Å². The van der Waals surface area contributed by atoms with Crippen molar-refractivity contribution in [3.05, 3.63) is 69.4 Å². The molecule has 3 nitrogen and oxygen atoms in total. The van der Waals surface area contributed by atoms with Crippen LogP contribution in [0.1, 0.15) is 22.9 Å². The molecule has 2 aromatic carbocycles. The molecular weight excluding hydrogens is 307 g/mol. The lowest BCUT2D eigenvalue weighted by molar-refractivity contribution is 0.477. The van der Waals surface area contributed by atoms with Crippen molar-refractivity contribution in [2.75, 3.05) is 0 Å². The predicted octanol–water partition coefficient (Wildman–Crippen LogP) is 4.60. The van der Waals surface area contributed by atoms with Crippen molar-refractivity contribution in [1.82, 2.24) is 5.43 Å². The molecule has 0 aliphatic heterocycles. The summed E-state index contributed by atoms with van der Waals surface area (Å²) in [6.45, 7) is 2.04. The molecular formula is C16H14Cl2N2O. The molecule has 0 aliphatic rings. The highest BCUT2D eigenvalue weighted by Gasteiger charge is 2.20. The molecule has 0 bridgehead atoms. The Morgan fingerprint density at radius 3 is 2.71 bits per heavy atom. The van der Waals surface area contributed by atoms with Crippen LogP contribution in [0.25, 0.3) is 11.0 Å². The second-order valence-corrected chi connectivity index (χ2v) is 5.72. The average Bonchev–Trinajstić information content (AvgIpc) is 2.87. The lowest BCUT2D eigenvalue weighted by Crippen LogP contribution is -2.28. The van der Waals surface area contributed by atoms with Crippen molar-refractivity contribution in [2.45, 2.75) is 13.0 Å². The van der Waals surface area contributed by atoms with Crippen LogP contribution >= 0.6 is 23.2 Å². The van der Waals surface area contributed by atoms with Gasteiger partial charge in [-0.25, -0.2) is 5.43 Å². The van der Waals surface area contributed by atoms with Crippen molar-refractivity contribution < 1.29 is 4.42 Å². The maximum absolute atomic E-state index is 6.27. The summed E-state index contributed by atoms with van der Waals surface area (Å²) in [5, 5.41) is 1.99. The number of rotatable bonds is 3. The fourth-order valence-corrected chi connectivity index (χ4v) is 2.81. The third-order valence-corrected chi connectivity index (χ3v) is 4.27. The minimum atomic E-state index is -0.357. The van der Waals surface area contributed by atoms with Crippen LogP contribution in [0, 0.1) is 6.92 Å². The number of hydrogen-bond donors (Lipinski definition) is 2. The fourth-order valence-electron chi connectivity index (χ4n) is 2.39. The van der Waals surface area contributed by atoms with Gasteiger partial charge < -0.3 is 4.42 Å². The Balaban J connectivity index is 2.11. The van der Waals surface area contributed by atoms with E-state index in [2.05, 4.69) is 11.5 Å². The summed E-state index contributed by atoms with van der Waals surface area (Å²) in [5.74, 6) is 6.39. The Bertz CT molecular complexity index is 798. The van der Waals surface area contributed by atoms with Crippen molar-refractivity contribution in [2.24, 2.45) is 5.84 Å². The van der Waals surface area contributed by atoms with E-state index in [0.29, 0.717) is 15.8 Å². The Morgan fingerprint density at radius 2 is 1.95 bits per heavy atom. The molecule has 0 saturated heterocycles. The number of hydrazine groups is 1. The molecule has 3 aromatic rings. The summed E-state index contributed by atoms with van der Waals surface area (Å²) in [6.07, 6.45) is 0. The molecule has 0 radical (unpaired) electrons. The summed E-state index contributed by atoms with van der Waals surface area (Å²) in [7, 11) is 0. The largest absolute Gasteiger partial charge is 0.459 e. The van der Waals surface area contributed by atoms with E-state index in [9.17, 15) is 0 Å². The molecule has 3 N–H and O–H groups in total. The molecule has 0 saturated carbocycles. The number of fused-ring (bicyclic) bond motifs is 1. The first-order chi connectivity index (χ1) is 10.1. The van der Waals surface area contributed by atoms with Crippen LogP contribution in [-0.4, -0.2) is 0 Å². The Kier molecular flexibility index (Phi) is 3.91. The summed E-state index contributed by atoms with van der Waals surface area (Å²) in [5.41, 5.74) is 5.51. The highest BCUT2D eigenvalue weighted by Crippen LogP contribution is 2.35. The van der Waals surface area contributed by atoms with Gasteiger partial charge in [0.1, 0.15) is 17.4 Å². The molecule has 1 unspecified atom stereocenters. The average molecular weight is 321 g/mol. The predicted molar refractivity (Wildman–Crippen MR) is 86.6 cm³/mol. The zero-order chi connectivity index (χ0) is 15.0. The topological polar surface area (TPSA) is 51.2 Å². The molecule has 5 heteroatoms. The zero-order valence-electron chi connectivity index (χ0n) is 11.4. The highest BCUT2D eigenvalue weighted by molar-refractivity contribution is 6.42. The van der Waals surface area contributed by atoms with Crippen LogP contribution in [0.5, 0.6) is 0 Å². The van der Waals surface area contributed by atoms with Crippen molar-refractivity contribution in [1.29, 1.82) is 0 Å². The van der Waals surface area contributed by atoms with Crippen LogP contribution in [0.2, 0.25) is 10.0 Å². The Hall–Kier alpha value is -1.52. The molecule has 21 heavy (non-hydrogen) atoms. The standard InChI is InChI=1S/C16H14Cl2N2O/c1-9-5-6-13-10(7-9)8-14(21-13)16(20-19)11-3-2-4-12(17)15(11)18/h2-8,16,20H,19H2,1H3. The van der Waals surface area contributed by atoms with Gasteiger partial charge in [-0.05, 0) is 36.8 Å². The quantitative estimate of drug-likeness (QED) is 0.547. The van der Waals surface area contributed by atoms with E-state index in [1.807, 2.05) is 37.3 Å². The highest BCUT2D eigenvalue weighted by atomic mass is 35.5. The van der Waals surface area contributed by atoms with Crippen molar-refractivity contribution >= 4 is 34.2 Å². The van der Waals surface area contributed by atoms with E-state index in [1.165, 1.54) is 5.56 Å². The maximum Gasteiger partial charge on any atom is 0.134 e.